The third-order valence-corrected chi connectivity index (χ3v) is 2.99. The molecule has 0 aromatic heterocycles. The van der Waals surface area contributed by atoms with Crippen molar-refractivity contribution in [1.29, 1.82) is 0 Å². The van der Waals surface area contributed by atoms with Gasteiger partial charge in [0.25, 0.3) is 0 Å². The fraction of sp³-hybridized carbons (Fsp3) is 0.818. The molecule has 1 fully saturated rings. The minimum absolute atomic E-state index is 0.211. The molecule has 2 aliphatic heterocycles. The Labute approximate surface area is 85.7 Å². The van der Waals surface area contributed by atoms with E-state index < -0.39 is 0 Å². The number of hydrogen-bond acceptors (Lipinski definition) is 3. The van der Waals surface area contributed by atoms with E-state index in [4.69, 9.17) is 10.5 Å². The Morgan fingerprint density at radius 3 is 3.21 bits per heavy atom. The van der Waals surface area contributed by atoms with Gasteiger partial charge in [0.1, 0.15) is 0 Å². The Hall–Kier alpha value is -0.380. The van der Waals surface area contributed by atoms with Gasteiger partial charge in [-0.25, -0.2) is 0 Å². The van der Waals surface area contributed by atoms with Crippen LogP contribution in [0.25, 0.3) is 0 Å². The van der Waals surface area contributed by atoms with Gasteiger partial charge >= 0.3 is 0 Å². The molecule has 2 atom stereocenters. The van der Waals surface area contributed by atoms with E-state index in [9.17, 15) is 0 Å². The Balaban J connectivity index is 1.83. The summed E-state index contributed by atoms with van der Waals surface area (Å²) in [7, 11) is 0. The topological polar surface area (TPSA) is 47.3 Å². The van der Waals surface area contributed by atoms with Crippen LogP contribution in [0.3, 0.4) is 0 Å². The third-order valence-electron chi connectivity index (χ3n) is 2.99. The summed E-state index contributed by atoms with van der Waals surface area (Å²) in [5, 5.41) is 3.34. The highest BCUT2D eigenvalue weighted by atomic mass is 16.5. The summed E-state index contributed by atoms with van der Waals surface area (Å²) in [6.45, 7) is 3.83. The molecule has 0 amide bonds. The number of nitrogens with one attached hydrogen (secondary N) is 1. The van der Waals surface area contributed by atoms with E-state index in [1.807, 2.05) is 0 Å². The quantitative estimate of drug-likeness (QED) is 0.638. The molecule has 0 bridgehead atoms. The van der Waals surface area contributed by atoms with Gasteiger partial charge in [-0.2, -0.15) is 0 Å². The summed E-state index contributed by atoms with van der Waals surface area (Å²) in [5.74, 6) is 0.724. The second-order valence-electron chi connectivity index (χ2n) is 4.41. The summed E-state index contributed by atoms with van der Waals surface area (Å²) >= 11 is 0. The van der Waals surface area contributed by atoms with Crippen LogP contribution in [0.15, 0.2) is 11.6 Å². The lowest BCUT2D eigenvalue weighted by Gasteiger charge is -2.26. The molecular formula is C11H20N2O. The molecule has 0 spiro atoms. The zero-order chi connectivity index (χ0) is 9.80. The van der Waals surface area contributed by atoms with Crippen molar-refractivity contribution in [3.05, 3.63) is 11.6 Å². The van der Waals surface area contributed by atoms with E-state index in [0.29, 0.717) is 0 Å². The zero-order valence-corrected chi connectivity index (χ0v) is 8.67. The normalized spacial score (nSPS) is 33.9. The molecule has 0 aromatic carbocycles. The molecule has 0 saturated carbocycles. The van der Waals surface area contributed by atoms with Crippen molar-refractivity contribution in [2.75, 3.05) is 26.3 Å². The number of rotatable bonds is 2. The van der Waals surface area contributed by atoms with Crippen molar-refractivity contribution in [3.8, 4) is 0 Å². The first-order valence-electron chi connectivity index (χ1n) is 5.58. The van der Waals surface area contributed by atoms with Crippen molar-refractivity contribution < 1.29 is 4.74 Å². The second kappa shape index (κ2) is 4.91. The Kier molecular flexibility index (Phi) is 3.56. The van der Waals surface area contributed by atoms with Crippen molar-refractivity contribution in [1.82, 2.24) is 5.32 Å². The SMILES string of the molecule is NC1C=C(CC2CCCOC2)CNC1. The van der Waals surface area contributed by atoms with Crippen LogP contribution in [0.4, 0.5) is 0 Å². The van der Waals surface area contributed by atoms with E-state index in [2.05, 4.69) is 11.4 Å². The van der Waals surface area contributed by atoms with Crippen LogP contribution in [-0.2, 0) is 4.74 Å². The predicted octanol–water partition coefficient (Wildman–Crippen LogP) is 0.660. The van der Waals surface area contributed by atoms with Crippen LogP contribution in [0, 0.1) is 5.92 Å². The number of ether oxygens (including phenoxy) is 1. The molecule has 2 heterocycles. The first kappa shape index (κ1) is 10.1. The maximum atomic E-state index is 5.86. The molecule has 1 saturated heterocycles. The Bertz CT molecular complexity index is 209. The molecule has 0 aromatic rings. The van der Waals surface area contributed by atoms with Crippen LogP contribution >= 0.6 is 0 Å². The van der Waals surface area contributed by atoms with Gasteiger partial charge in [-0.05, 0) is 25.2 Å². The van der Waals surface area contributed by atoms with Gasteiger partial charge in [0, 0.05) is 32.3 Å². The summed E-state index contributed by atoms with van der Waals surface area (Å²) in [5.41, 5.74) is 7.33. The van der Waals surface area contributed by atoms with E-state index in [0.717, 1.165) is 32.2 Å². The van der Waals surface area contributed by atoms with E-state index >= 15 is 0 Å². The van der Waals surface area contributed by atoms with Crippen molar-refractivity contribution in [2.45, 2.75) is 25.3 Å². The fourth-order valence-corrected chi connectivity index (χ4v) is 2.30. The molecule has 2 unspecified atom stereocenters. The molecule has 3 N–H and O–H groups in total. The van der Waals surface area contributed by atoms with Gasteiger partial charge in [-0.1, -0.05) is 11.6 Å². The Morgan fingerprint density at radius 2 is 2.50 bits per heavy atom. The highest BCUT2D eigenvalue weighted by molar-refractivity contribution is 5.13. The van der Waals surface area contributed by atoms with Gasteiger partial charge in [0.15, 0.2) is 0 Å². The van der Waals surface area contributed by atoms with Crippen LogP contribution in [0.5, 0.6) is 0 Å². The van der Waals surface area contributed by atoms with Crippen LogP contribution in [0.1, 0.15) is 19.3 Å². The van der Waals surface area contributed by atoms with E-state index in [1.165, 1.54) is 24.8 Å². The Morgan fingerprint density at radius 1 is 1.57 bits per heavy atom. The summed E-state index contributed by atoms with van der Waals surface area (Å²) in [6.07, 6.45) is 5.93. The van der Waals surface area contributed by atoms with Crippen LogP contribution in [0.2, 0.25) is 0 Å². The first-order chi connectivity index (χ1) is 6.84. The molecule has 3 nitrogen and oxygen atoms in total. The lowest BCUT2D eigenvalue weighted by atomic mass is 9.92. The standard InChI is InChI=1S/C11H20N2O/c12-11-5-10(6-13-7-11)4-9-2-1-3-14-8-9/h5,9,11,13H,1-4,6-8,12H2. The first-order valence-corrected chi connectivity index (χ1v) is 5.58. The number of nitrogens with two attached hydrogens (primary N) is 1. The summed E-state index contributed by atoms with van der Waals surface area (Å²) < 4.78 is 5.47. The monoisotopic (exact) mass is 196 g/mol. The zero-order valence-electron chi connectivity index (χ0n) is 8.67. The summed E-state index contributed by atoms with van der Waals surface area (Å²) in [6, 6.07) is 0.211. The van der Waals surface area contributed by atoms with Crippen molar-refractivity contribution in [2.24, 2.45) is 11.7 Å². The maximum Gasteiger partial charge on any atom is 0.0497 e. The smallest absolute Gasteiger partial charge is 0.0497 e. The fourth-order valence-electron chi connectivity index (χ4n) is 2.30. The molecule has 2 aliphatic rings. The highest BCUT2D eigenvalue weighted by Gasteiger charge is 2.17. The second-order valence-corrected chi connectivity index (χ2v) is 4.41. The summed E-state index contributed by atoms with van der Waals surface area (Å²) in [4.78, 5) is 0. The van der Waals surface area contributed by atoms with E-state index in [1.54, 1.807) is 0 Å². The van der Waals surface area contributed by atoms with Gasteiger partial charge in [-0.15, -0.1) is 0 Å². The average Bonchev–Trinajstić information content (AvgIpc) is 2.19. The van der Waals surface area contributed by atoms with Gasteiger partial charge in [0.05, 0.1) is 0 Å². The van der Waals surface area contributed by atoms with E-state index in [-0.39, 0.29) is 6.04 Å². The minimum atomic E-state index is 0.211. The van der Waals surface area contributed by atoms with Crippen LogP contribution in [-0.4, -0.2) is 32.3 Å². The molecule has 2 rings (SSSR count). The lowest BCUT2D eigenvalue weighted by molar-refractivity contribution is 0.0547. The molecule has 0 aliphatic carbocycles. The molecule has 80 valence electrons. The number of hydrogen-bond donors (Lipinski definition) is 2. The maximum absolute atomic E-state index is 5.86. The van der Waals surface area contributed by atoms with Crippen LogP contribution < -0.4 is 11.1 Å². The van der Waals surface area contributed by atoms with Gasteiger partial charge in [0.2, 0.25) is 0 Å². The van der Waals surface area contributed by atoms with Crippen molar-refractivity contribution in [3.63, 3.8) is 0 Å². The van der Waals surface area contributed by atoms with Gasteiger partial charge < -0.3 is 15.8 Å². The van der Waals surface area contributed by atoms with Crippen molar-refractivity contribution >= 4 is 0 Å². The molecular weight excluding hydrogens is 176 g/mol. The highest BCUT2D eigenvalue weighted by Crippen LogP contribution is 2.21. The average molecular weight is 196 g/mol. The molecule has 14 heavy (non-hydrogen) atoms. The minimum Gasteiger partial charge on any atom is -0.381 e. The molecule has 0 radical (unpaired) electrons. The molecule has 3 heteroatoms. The predicted molar refractivity (Wildman–Crippen MR) is 57.1 cm³/mol. The third kappa shape index (κ3) is 2.80. The lowest BCUT2D eigenvalue weighted by Crippen LogP contribution is -2.38. The largest absolute Gasteiger partial charge is 0.381 e. The van der Waals surface area contributed by atoms with Gasteiger partial charge in [-0.3, -0.25) is 0 Å².